The summed E-state index contributed by atoms with van der Waals surface area (Å²) in [6, 6.07) is 25.0. The van der Waals surface area contributed by atoms with E-state index in [1.165, 1.54) is 74.9 Å². The van der Waals surface area contributed by atoms with Crippen LogP contribution in [-0.4, -0.2) is 39.6 Å². The van der Waals surface area contributed by atoms with Gasteiger partial charge in [0.1, 0.15) is 0 Å². The minimum Gasteiger partial charge on any atom is -1.00 e. The maximum atomic E-state index is 10.3. The molecule has 0 bridgehead atoms. The number of ether oxygens (including phenoxy) is 3. The van der Waals surface area contributed by atoms with E-state index in [9.17, 15) is 15.3 Å². The standard InChI is InChI=1S/3C6H6O.3C4H8O.ClH.4Li/c3*7-6-4-2-1-3-5-6;3*1-2-4-5-3-1;;;;;/h3*1-5,7H;3*1-4H2;1H;;;;/q;;;;;;;4*+1/p-4. The van der Waals surface area contributed by atoms with Crippen LogP contribution in [0.2, 0.25) is 0 Å². The molecular formula is C30H39ClLi4O6. The van der Waals surface area contributed by atoms with E-state index in [1.807, 2.05) is 18.2 Å². The van der Waals surface area contributed by atoms with Crippen molar-refractivity contribution in [2.75, 3.05) is 39.6 Å². The Morgan fingerprint density at radius 2 is 0.512 bits per heavy atom. The molecule has 0 unspecified atom stereocenters. The molecule has 11 heteroatoms. The second kappa shape index (κ2) is 39.6. The zero-order valence-corrected chi connectivity index (χ0v) is 26.2. The Labute approximate surface area is 301 Å². The number of halogens is 1. The van der Waals surface area contributed by atoms with Gasteiger partial charge in [-0.3, -0.25) is 0 Å². The molecule has 0 aliphatic carbocycles. The van der Waals surface area contributed by atoms with Gasteiger partial charge in [0.2, 0.25) is 0 Å². The van der Waals surface area contributed by atoms with Crippen LogP contribution in [0, 0.1) is 0 Å². The zero-order chi connectivity index (χ0) is 25.9. The predicted molar refractivity (Wildman–Crippen MR) is 138 cm³/mol. The molecule has 3 heterocycles. The quantitative estimate of drug-likeness (QED) is 0.254. The Balaban J connectivity index is -0.000000124. The van der Waals surface area contributed by atoms with Crippen molar-refractivity contribution in [1.82, 2.24) is 0 Å². The maximum absolute atomic E-state index is 10.3. The third-order valence-corrected chi connectivity index (χ3v) is 4.71. The van der Waals surface area contributed by atoms with Crippen molar-refractivity contribution >= 4 is 0 Å². The van der Waals surface area contributed by atoms with Gasteiger partial charge >= 0.3 is 75.4 Å². The van der Waals surface area contributed by atoms with Crippen molar-refractivity contribution in [2.24, 2.45) is 0 Å². The normalized spacial score (nSPS) is 13.2. The van der Waals surface area contributed by atoms with Crippen LogP contribution in [0.25, 0.3) is 0 Å². The van der Waals surface area contributed by atoms with Crippen molar-refractivity contribution in [2.45, 2.75) is 38.5 Å². The summed E-state index contributed by atoms with van der Waals surface area (Å²) in [6.07, 6.45) is 7.67. The summed E-state index contributed by atoms with van der Waals surface area (Å²) < 4.78 is 14.8. The number of rotatable bonds is 0. The van der Waals surface area contributed by atoms with Gasteiger partial charge in [0.05, 0.1) is 0 Å². The Morgan fingerprint density at radius 3 is 0.585 bits per heavy atom. The van der Waals surface area contributed by atoms with Crippen LogP contribution in [0.4, 0.5) is 0 Å². The second-order valence-corrected chi connectivity index (χ2v) is 7.90. The molecule has 0 saturated carbocycles. The molecule has 3 aliphatic heterocycles. The third-order valence-electron chi connectivity index (χ3n) is 4.71. The summed E-state index contributed by atoms with van der Waals surface area (Å²) in [5.74, 6) is 0.215. The Morgan fingerprint density at radius 1 is 0.341 bits per heavy atom. The fraction of sp³-hybridized carbons (Fsp3) is 0.400. The van der Waals surface area contributed by atoms with Crippen LogP contribution in [0.5, 0.6) is 17.2 Å². The van der Waals surface area contributed by atoms with Gasteiger partial charge in [0.15, 0.2) is 0 Å². The second-order valence-electron chi connectivity index (χ2n) is 7.90. The van der Waals surface area contributed by atoms with Gasteiger partial charge in [0.25, 0.3) is 0 Å². The zero-order valence-electron chi connectivity index (χ0n) is 25.5. The van der Waals surface area contributed by atoms with E-state index in [0.717, 1.165) is 39.6 Å². The summed E-state index contributed by atoms with van der Waals surface area (Å²) in [4.78, 5) is 0. The SMILES string of the molecule is C1CCOC1.C1CCOC1.C1CCOC1.[Cl-].[Li+].[Li+].[Li+].[Li+].[O-]c1ccccc1.[O-]c1ccccc1.[O-]c1ccccc1. The molecule has 3 aliphatic rings. The Kier molecular flexibility index (Phi) is 48.6. The topological polar surface area (TPSA) is 96.9 Å². The van der Waals surface area contributed by atoms with E-state index in [0.29, 0.717) is 0 Å². The first-order chi connectivity index (χ1) is 17.7. The van der Waals surface area contributed by atoms with Crippen LogP contribution in [0.15, 0.2) is 91.0 Å². The molecule has 0 aromatic heterocycles. The fourth-order valence-corrected chi connectivity index (χ4v) is 2.79. The molecule has 41 heavy (non-hydrogen) atoms. The summed E-state index contributed by atoms with van der Waals surface area (Å²) in [7, 11) is 0. The van der Waals surface area contributed by atoms with Crippen molar-refractivity contribution in [3.63, 3.8) is 0 Å². The molecule has 0 amide bonds. The van der Waals surface area contributed by atoms with Gasteiger partial charge in [-0.2, -0.15) is 0 Å². The first kappa shape index (κ1) is 50.3. The predicted octanol–water partition coefficient (Wildman–Crippen LogP) is -10.3. The Bertz CT molecular complexity index is 692. The van der Waals surface area contributed by atoms with Gasteiger partial charge in [-0.1, -0.05) is 91.0 Å². The minimum atomic E-state index is 0. The molecule has 3 aromatic rings. The molecule has 0 radical (unpaired) electrons. The van der Waals surface area contributed by atoms with Crippen molar-refractivity contribution in [3.05, 3.63) is 91.0 Å². The molecular weight excluding hydrogens is 520 g/mol. The molecule has 0 spiro atoms. The van der Waals surface area contributed by atoms with Crippen molar-refractivity contribution in [3.8, 4) is 17.2 Å². The molecule has 6 nitrogen and oxygen atoms in total. The summed E-state index contributed by atoms with van der Waals surface area (Å²) >= 11 is 0. The molecule has 0 N–H and O–H groups in total. The van der Waals surface area contributed by atoms with Gasteiger partial charge in [0, 0.05) is 39.6 Å². The number of benzene rings is 3. The monoisotopic (exact) mass is 558 g/mol. The summed E-state index contributed by atoms with van der Waals surface area (Å²) in [5, 5.41) is 30.8. The molecule has 3 aromatic carbocycles. The van der Waals surface area contributed by atoms with Gasteiger partial charge in [-0.25, -0.2) is 0 Å². The van der Waals surface area contributed by atoms with Crippen LogP contribution in [-0.2, 0) is 14.2 Å². The van der Waals surface area contributed by atoms with E-state index < -0.39 is 0 Å². The van der Waals surface area contributed by atoms with Crippen LogP contribution < -0.4 is 103 Å². The molecule has 6 rings (SSSR count). The van der Waals surface area contributed by atoms with E-state index in [4.69, 9.17) is 14.2 Å². The van der Waals surface area contributed by atoms with E-state index in [2.05, 4.69) is 0 Å². The Hall–Kier alpha value is -0.380. The molecule has 0 atom stereocenters. The first-order valence-corrected chi connectivity index (χ1v) is 12.6. The molecule has 3 saturated heterocycles. The minimum absolute atomic E-state index is 0. The average Bonchev–Trinajstić information content (AvgIpc) is 3.73. The third kappa shape index (κ3) is 37.6. The van der Waals surface area contributed by atoms with Gasteiger partial charge in [-0.05, 0) is 38.5 Å². The molecule has 3 fully saturated rings. The van der Waals surface area contributed by atoms with E-state index in [1.54, 1.807) is 36.4 Å². The van der Waals surface area contributed by atoms with Crippen LogP contribution >= 0.6 is 0 Å². The van der Waals surface area contributed by atoms with Crippen molar-refractivity contribution in [1.29, 1.82) is 0 Å². The largest absolute Gasteiger partial charge is 1.00 e. The van der Waals surface area contributed by atoms with E-state index in [-0.39, 0.29) is 105 Å². The van der Waals surface area contributed by atoms with Crippen LogP contribution in [0.1, 0.15) is 38.5 Å². The van der Waals surface area contributed by atoms with Gasteiger partial charge < -0.3 is 41.9 Å². The number of hydrogen-bond acceptors (Lipinski definition) is 6. The van der Waals surface area contributed by atoms with Crippen LogP contribution in [0.3, 0.4) is 0 Å². The smallest absolute Gasteiger partial charge is 1.00 e. The number of hydrogen-bond donors (Lipinski definition) is 0. The molecule has 206 valence electrons. The first-order valence-electron chi connectivity index (χ1n) is 12.6. The average molecular weight is 559 g/mol. The summed E-state index contributed by atoms with van der Waals surface area (Å²) in [5.41, 5.74) is 0. The van der Waals surface area contributed by atoms with E-state index >= 15 is 0 Å². The number of para-hydroxylation sites is 3. The summed E-state index contributed by atoms with van der Waals surface area (Å²) in [6.45, 7) is 6.00. The van der Waals surface area contributed by atoms with Gasteiger partial charge in [-0.15, -0.1) is 17.2 Å². The van der Waals surface area contributed by atoms with Crippen molar-refractivity contribution < 1.29 is 117 Å². The fourth-order valence-electron chi connectivity index (χ4n) is 2.79. The maximum Gasteiger partial charge on any atom is 1.00 e.